The fourth-order valence-corrected chi connectivity index (χ4v) is 2.96. The summed E-state index contributed by atoms with van der Waals surface area (Å²) in [5.41, 5.74) is 1.38. The minimum Gasteiger partial charge on any atom is -0.339 e. The molecule has 0 bridgehead atoms. The summed E-state index contributed by atoms with van der Waals surface area (Å²) in [6.07, 6.45) is 4.10. The van der Waals surface area contributed by atoms with Gasteiger partial charge in [-0.15, -0.1) is 0 Å². The maximum absolute atomic E-state index is 13.9. The predicted octanol–water partition coefficient (Wildman–Crippen LogP) is 4.20. The van der Waals surface area contributed by atoms with Gasteiger partial charge in [0.15, 0.2) is 0 Å². The first-order valence-corrected chi connectivity index (χ1v) is 7.30. The molecule has 2 atom stereocenters. The summed E-state index contributed by atoms with van der Waals surface area (Å²) in [6.45, 7) is 0. The first-order chi connectivity index (χ1) is 10.7. The lowest BCUT2D eigenvalue weighted by Crippen LogP contribution is -1.91. The van der Waals surface area contributed by atoms with Crippen LogP contribution in [-0.2, 0) is 0 Å². The van der Waals surface area contributed by atoms with Crippen molar-refractivity contribution in [3.8, 4) is 11.4 Å². The molecule has 1 aliphatic carbocycles. The van der Waals surface area contributed by atoms with Crippen LogP contribution < -0.4 is 0 Å². The van der Waals surface area contributed by atoms with Gasteiger partial charge in [-0.3, -0.25) is 4.98 Å². The highest BCUT2D eigenvalue weighted by molar-refractivity contribution is 6.31. The van der Waals surface area contributed by atoms with E-state index in [0.717, 1.165) is 12.0 Å². The Morgan fingerprint density at radius 1 is 1.14 bits per heavy atom. The summed E-state index contributed by atoms with van der Waals surface area (Å²) in [5.74, 6) is 0.782. The lowest BCUT2D eigenvalue weighted by atomic mass is 10.1. The number of pyridine rings is 1. The molecular formula is C16H11ClFN3O. The average Bonchev–Trinajstić information content (AvgIpc) is 3.15. The molecule has 2 aromatic heterocycles. The second kappa shape index (κ2) is 5.18. The van der Waals surface area contributed by atoms with Crippen LogP contribution in [0.25, 0.3) is 11.4 Å². The van der Waals surface area contributed by atoms with E-state index in [1.54, 1.807) is 24.5 Å². The van der Waals surface area contributed by atoms with Gasteiger partial charge in [-0.2, -0.15) is 4.98 Å². The Balaban J connectivity index is 1.60. The van der Waals surface area contributed by atoms with E-state index in [4.69, 9.17) is 16.1 Å². The standard InChI is InChI=1S/C16H11ClFN3O/c17-12-2-1-3-13(18)14(12)10-8-11(10)16-20-15(21-22-16)9-4-6-19-7-5-9/h1-7,10-11H,8H2/t10-,11-/m1/s1. The Morgan fingerprint density at radius 3 is 2.73 bits per heavy atom. The molecule has 4 nitrogen and oxygen atoms in total. The zero-order valence-corrected chi connectivity index (χ0v) is 12.2. The lowest BCUT2D eigenvalue weighted by molar-refractivity contribution is 0.378. The second-order valence-corrected chi connectivity index (χ2v) is 5.68. The molecule has 6 heteroatoms. The number of benzene rings is 1. The zero-order valence-electron chi connectivity index (χ0n) is 11.4. The third-order valence-electron chi connectivity index (χ3n) is 3.86. The van der Waals surface area contributed by atoms with Crippen molar-refractivity contribution in [3.05, 3.63) is 65.0 Å². The van der Waals surface area contributed by atoms with Crippen LogP contribution in [0.15, 0.2) is 47.2 Å². The number of aromatic nitrogens is 3. The molecule has 1 saturated carbocycles. The van der Waals surface area contributed by atoms with Gasteiger partial charge in [-0.1, -0.05) is 22.8 Å². The quantitative estimate of drug-likeness (QED) is 0.727. The van der Waals surface area contributed by atoms with Gasteiger partial charge < -0.3 is 4.52 Å². The Morgan fingerprint density at radius 2 is 1.95 bits per heavy atom. The summed E-state index contributed by atoms with van der Waals surface area (Å²) in [5, 5.41) is 4.43. The van der Waals surface area contributed by atoms with Gasteiger partial charge in [0.25, 0.3) is 0 Å². The summed E-state index contributed by atoms with van der Waals surface area (Å²) in [7, 11) is 0. The number of hydrogen-bond acceptors (Lipinski definition) is 4. The van der Waals surface area contributed by atoms with Crippen molar-refractivity contribution in [2.24, 2.45) is 0 Å². The summed E-state index contributed by atoms with van der Waals surface area (Å²) in [6, 6.07) is 8.35. The van der Waals surface area contributed by atoms with E-state index in [0.29, 0.717) is 22.3 Å². The number of nitrogens with zero attached hydrogens (tertiary/aromatic N) is 3. The minimum atomic E-state index is -0.283. The molecule has 0 saturated heterocycles. The highest BCUT2D eigenvalue weighted by atomic mass is 35.5. The number of hydrogen-bond donors (Lipinski definition) is 0. The highest BCUT2D eigenvalue weighted by Gasteiger charge is 2.46. The monoisotopic (exact) mass is 315 g/mol. The van der Waals surface area contributed by atoms with Gasteiger partial charge in [0, 0.05) is 40.4 Å². The van der Waals surface area contributed by atoms with Gasteiger partial charge in [0.05, 0.1) is 0 Å². The van der Waals surface area contributed by atoms with Crippen LogP contribution >= 0.6 is 11.6 Å². The summed E-state index contributed by atoms with van der Waals surface area (Å²) < 4.78 is 19.3. The van der Waals surface area contributed by atoms with Gasteiger partial charge in [0.2, 0.25) is 11.7 Å². The van der Waals surface area contributed by atoms with Crippen molar-refractivity contribution in [1.29, 1.82) is 0 Å². The molecule has 0 spiro atoms. The summed E-state index contributed by atoms with van der Waals surface area (Å²) >= 11 is 6.10. The maximum atomic E-state index is 13.9. The molecule has 0 N–H and O–H groups in total. The molecule has 0 radical (unpaired) electrons. The Bertz CT molecular complexity index is 801. The molecule has 2 heterocycles. The van der Waals surface area contributed by atoms with Crippen molar-refractivity contribution in [3.63, 3.8) is 0 Å². The van der Waals surface area contributed by atoms with Crippen LogP contribution in [0.4, 0.5) is 4.39 Å². The Hall–Kier alpha value is -2.27. The van der Waals surface area contributed by atoms with E-state index in [1.165, 1.54) is 6.07 Å². The molecular weight excluding hydrogens is 305 g/mol. The van der Waals surface area contributed by atoms with E-state index < -0.39 is 0 Å². The van der Waals surface area contributed by atoms with Crippen LogP contribution in [0.5, 0.6) is 0 Å². The SMILES string of the molecule is Fc1cccc(Cl)c1[C@@H]1C[C@H]1c1nc(-c2ccncc2)no1. The molecule has 3 aromatic rings. The van der Waals surface area contributed by atoms with Crippen molar-refractivity contribution >= 4 is 11.6 Å². The molecule has 22 heavy (non-hydrogen) atoms. The highest BCUT2D eigenvalue weighted by Crippen LogP contribution is 2.56. The van der Waals surface area contributed by atoms with E-state index in [-0.39, 0.29) is 17.7 Å². The Kier molecular flexibility index (Phi) is 3.15. The van der Waals surface area contributed by atoms with Crippen LogP contribution in [0, 0.1) is 5.82 Å². The van der Waals surface area contributed by atoms with Crippen molar-refractivity contribution in [2.45, 2.75) is 18.3 Å². The summed E-state index contributed by atoms with van der Waals surface area (Å²) in [4.78, 5) is 8.36. The van der Waals surface area contributed by atoms with E-state index in [1.807, 2.05) is 12.1 Å². The normalized spacial score (nSPS) is 20.1. The fraction of sp³-hybridized carbons (Fsp3) is 0.188. The van der Waals surface area contributed by atoms with Crippen LogP contribution in [0.1, 0.15) is 29.7 Å². The van der Waals surface area contributed by atoms with Crippen LogP contribution in [-0.4, -0.2) is 15.1 Å². The molecule has 0 aliphatic heterocycles. The van der Waals surface area contributed by atoms with E-state index in [9.17, 15) is 4.39 Å². The van der Waals surface area contributed by atoms with Gasteiger partial charge in [0.1, 0.15) is 5.82 Å². The average molecular weight is 316 g/mol. The van der Waals surface area contributed by atoms with Gasteiger partial charge >= 0.3 is 0 Å². The van der Waals surface area contributed by atoms with Crippen LogP contribution in [0.2, 0.25) is 5.02 Å². The first kappa shape index (κ1) is 13.4. The molecule has 4 rings (SSSR count). The zero-order chi connectivity index (χ0) is 15.1. The van der Waals surface area contributed by atoms with Crippen molar-refractivity contribution < 1.29 is 8.91 Å². The maximum Gasteiger partial charge on any atom is 0.230 e. The first-order valence-electron chi connectivity index (χ1n) is 6.92. The fourth-order valence-electron chi connectivity index (χ4n) is 2.66. The molecule has 110 valence electrons. The van der Waals surface area contributed by atoms with Gasteiger partial charge in [-0.25, -0.2) is 4.39 Å². The Labute approximate surface area is 131 Å². The third-order valence-corrected chi connectivity index (χ3v) is 4.19. The number of halogens is 2. The largest absolute Gasteiger partial charge is 0.339 e. The molecule has 1 aromatic carbocycles. The minimum absolute atomic E-state index is 0.000518. The van der Waals surface area contributed by atoms with Crippen molar-refractivity contribution in [2.75, 3.05) is 0 Å². The van der Waals surface area contributed by atoms with Gasteiger partial charge in [-0.05, 0) is 30.7 Å². The van der Waals surface area contributed by atoms with Crippen LogP contribution in [0.3, 0.4) is 0 Å². The third kappa shape index (κ3) is 2.27. The lowest BCUT2D eigenvalue weighted by Gasteiger charge is -2.03. The smallest absolute Gasteiger partial charge is 0.230 e. The predicted molar refractivity (Wildman–Crippen MR) is 79.0 cm³/mol. The molecule has 0 unspecified atom stereocenters. The van der Waals surface area contributed by atoms with Crippen molar-refractivity contribution in [1.82, 2.24) is 15.1 Å². The van der Waals surface area contributed by atoms with E-state index in [2.05, 4.69) is 15.1 Å². The molecule has 1 fully saturated rings. The number of rotatable bonds is 3. The van der Waals surface area contributed by atoms with E-state index >= 15 is 0 Å². The molecule has 1 aliphatic rings. The topological polar surface area (TPSA) is 51.8 Å². The molecule has 0 amide bonds. The second-order valence-electron chi connectivity index (χ2n) is 5.28.